The first kappa shape index (κ1) is 43.2. The highest BCUT2D eigenvalue weighted by Gasteiger charge is 2.00. The molecule has 0 spiro atoms. The van der Waals surface area contributed by atoms with E-state index in [9.17, 15) is 0 Å². The second-order valence-corrected chi connectivity index (χ2v) is 14.3. The highest BCUT2D eigenvalue weighted by molar-refractivity contribution is 5.82. The SMILES string of the molecule is CCCCCCCCCCOc1ccc(N=Cc2ccc(OCCCOc3ccc(C=Nc4ccc(OCCCCCCCCCC)cc4)cc3)cc2)cc1. The fourth-order valence-corrected chi connectivity index (χ4v) is 6.15. The van der Waals surface area contributed by atoms with Crippen LogP contribution in [0.3, 0.4) is 0 Å². The van der Waals surface area contributed by atoms with Crippen LogP contribution in [0.4, 0.5) is 11.4 Å². The van der Waals surface area contributed by atoms with Gasteiger partial charge in [-0.15, -0.1) is 0 Å². The molecule has 0 aromatic heterocycles. The first-order valence-corrected chi connectivity index (χ1v) is 21.2. The molecule has 0 saturated carbocycles. The van der Waals surface area contributed by atoms with Crippen LogP contribution in [0.5, 0.6) is 23.0 Å². The van der Waals surface area contributed by atoms with Crippen LogP contribution in [0.25, 0.3) is 0 Å². The van der Waals surface area contributed by atoms with Gasteiger partial charge in [-0.05, 0) is 121 Å². The van der Waals surface area contributed by atoms with Crippen LogP contribution in [0, 0.1) is 0 Å². The van der Waals surface area contributed by atoms with Gasteiger partial charge in [0.2, 0.25) is 0 Å². The molecular formula is C49H66N2O4. The maximum atomic E-state index is 5.93. The van der Waals surface area contributed by atoms with Gasteiger partial charge >= 0.3 is 0 Å². The Kier molecular flexibility index (Phi) is 21.9. The molecule has 0 N–H and O–H groups in total. The number of rotatable bonds is 30. The van der Waals surface area contributed by atoms with E-state index in [1.54, 1.807) is 0 Å². The maximum Gasteiger partial charge on any atom is 0.119 e. The number of benzene rings is 4. The number of aliphatic imine (C=N–C) groups is 2. The smallest absolute Gasteiger partial charge is 0.119 e. The van der Waals surface area contributed by atoms with Gasteiger partial charge in [0.25, 0.3) is 0 Å². The van der Waals surface area contributed by atoms with Crippen molar-refractivity contribution in [1.29, 1.82) is 0 Å². The molecule has 55 heavy (non-hydrogen) atoms. The maximum absolute atomic E-state index is 5.93. The van der Waals surface area contributed by atoms with E-state index in [0.29, 0.717) is 13.2 Å². The predicted octanol–water partition coefficient (Wildman–Crippen LogP) is 14.1. The Morgan fingerprint density at radius 1 is 0.327 bits per heavy atom. The fourth-order valence-electron chi connectivity index (χ4n) is 6.15. The lowest BCUT2D eigenvalue weighted by atomic mass is 10.1. The molecule has 0 heterocycles. The molecule has 0 amide bonds. The molecule has 0 aliphatic rings. The molecule has 0 unspecified atom stereocenters. The Hall–Kier alpha value is -4.58. The van der Waals surface area contributed by atoms with Crippen molar-refractivity contribution in [3.8, 4) is 23.0 Å². The highest BCUT2D eigenvalue weighted by Crippen LogP contribution is 2.21. The minimum atomic E-state index is 0.578. The first-order valence-electron chi connectivity index (χ1n) is 21.2. The summed E-state index contributed by atoms with van der Waals surface area (Å²) >= 11 is 0. The van der Waals surface area contributed by atoms with E-state index in [1.165, 1.54) is 89.9 Å². The van der Waals surface area contributed by atoms with Crippen molar-refractivity contribution >= 4 is 23.8 Å². The third-order valence-electron chi connectivity index (χ3n) is 9.52. The van der Waals surface area contributed by atoms with E-state index in [1.807, 2.05) is 109 Å². The second-order valence-electron chi connectivity index (χ2n) is 14.3. The first-order chi connectivity index (χ1) is 27.2. The predicted molar refractivity (Wildman–Crippen MR) is 232 cm³/mol. The van der Waals surface area contributed by atoms with Crippen LogP contribution in [-0.4, -0.2) is 38.9 Å². The zero-order valence-electron chi connectivity index (χ0n) is 33.8. The molecular weight excluding hydrogens is 681 g/mol. The standard InChI is InChI=1S/C49H66N2O4/c1-3-5-7-9-11-13-15-17-36-52-48-32-24-44(25-33-48)50-40-42-20-28-46(29-21-42)54-38-19-39-55-47-30-22-43(23-31-47)41-51-45-26-34-49(35-27-45)53-37-18-16-14-12-10-8-6-4-2/h20-35,40-41H,3-19,36-39H2,1-2H3. The average Bonchev–Trinajstić information content (AvgIpc) is 3.22. The molecule has 6 nitrogen and oxygen atoms in total. The molecule has 0 saturated heterocycles. The van der Waals surface area contributed by atoms with Gasteiger partial charge in [-0.3, -0.25) is 9.98 Å². The summed E-state index contributed by atoms with van der Waals surface area (Å²) in [5, 5.41) is 0. The van der Waals surface area contributed by atoms with Crippen LogP contribution in [0.2, 0.25) is 0 Å². The molecule has 4 aromatic rings. The summed E-state index contributed by atoms with van der Waals surface area (Å²) in [6.07, 6.45) is 25.4. The van der Waals surface area contributed by atoms with Crippen LogP contribution < -0.4 is 18.9 Å². The summed E-state index contributed by atoms with van der Waals surface area (Å²) in [7, 11) is 0. The summed E-state index contributed by atoms with van der Waals surface area (Å²) in [6, 6.07) is 32.0. The van der Waals surface area contributed by atoms with Crippen molar-refractivity contribution in [2.24, 2.45) is 9.98 Å². The Balaban J connectivity index is 1.03. The third-order valence-corrected chi connectivity index (χ3v) is 9.52. The van der Waals surface area contributed by atoms with Gasteiger partial charge in [0.15, 0.2) is 0 Å². The summed E-state index contributed by atoms with van der Waals surface area (Å²) in [5.41, 5.74) is 3.84. The van der Waals surface area contributed by atoms with Crippen LogP contribution in [0.15, 0.2) is 107 Å². The van der Waals surface area contributed by atoms with Gasteiger partial charge in [0.05, 0.1) is 37.8 Å². The molecule has 4 rings (SSSR count). The number of hydrogen-bond donors (Lipinski definition) is 0. The zero-order valence-corrected chi connectivity index (χ0v) is 33.8. The van der Waals surface area contributed by atoms with E-state index in [-0.39, 0.29) is 0 Å². The largest absolute Gasteiger partial charge is 0.494 e. The second kappa shape index (κ2) is 27.9. The van der Waals surface area contributed by atoms with Crippen molar-refractivity contribution in [3.63, 3.8) is 0 Å². The molecule has 4 aromatic carbocycles. The van der Waals surface area contributed by atoms with Crippen LogP contribution in [-0.2, 0) is 0 Å². The van der Waals surface area contributed by atoms with E-state index >= 15 is 0 Å². The average molecular weight is 747 g/mol. The number of ether oxygens (including phenoxy) is 4. The highest BCUT2D eigenvalue weighted by atomic mass is 16.5. The lowest BCUT2D eigenvalue weighted by Crippen LogP contribution is -2.05. The van der Waals surface area contributed by atoms with Crippen LogP contribution >= 0.6 is 0 Å². The molecule has 0 aliphatic heterocycles. The minimum absolute atomic E-state index is 0.578. The lowest BCUT2D eigenvalue weighted by molar-refractivity contribution is 0.247. The number of hydrogen-bond acceptors (Lipinski definition) is 6. The normalized spacial score (nSPS) is 11.4. The molecule has 0 bridgehead atoms. The zero-order chi connectivity index (χ0) is 38.4. The van der Waals surface area contributed by atoms with Crippen molar-refractivity contribution in [1.82, 2.24) is 0 Å². The van der Waals surface area contributed by atoms with Crippen LogP contribution in [0.1, 0.15) is 134 Å². The Labute approximate surface area is 332 Å². The van der Waals surface area contributed by atoms with Gasteiger partial charge in [0, 0.05) is 18.9 Å². The monoisotopic (exact) mass is 747 g/mol. The topological polar surface area (TPSA) is 61.6 Å². The summed E-state index contributed by atoms with van der Waals surface area (Å²) in [5.74, 6) is 3.47. The van der Waals surface area contributed by atoms with Crippen molar-refractivity contribution in [3.05, 3.63) is 108 Å². The Bertz CT molecular complexity index is 1460. The van der Waals surface area contributed by atoms with Gasteiger partial charge in [-0.1, -0.05) is 104 Å². The molecule has 0 atom stereocenters. The summed E-state index contributed by atoms with van der Waals surface area (Å²) in [4.78, 5) is 9.24. The fraction of sp³-hybridized carbons (Fsp3) is 0.469. The van der Waals surface area contributed by atoms with Gasteiger partial charge in [-0.2, -0.15) is 0 Å². The third kappa shape index (κ3) is 19.5. The molecule has 296 valence electrons. The summed E-state index contributed by atoms with van der Waals surface area (Å²) < 4.78 is 23.7. The lowest BCUT2D eigenvalue weighted by Gasteiger charge is -2.08. The van der Waals surface area contributed by atoms with Gasteiger partial charge < -0.3 is 18.9 Å². The molecule has 0 radical (unpaired) electrons. The molecule has 0 fully saturated rings. The quantitative estimate of drug-likeness (QED) is 0.0394. The van der Waals surface area contributed by atoms with Gasteiger partial charge in [-0.25, -0.2) is 0 Å². The van der Waals surface area contributed by atoms with Crippen molar-refractivity contribution < 1.29 is 18.9 Å². The van der Waals surface area contributed by atoms with Crippen molar-refractivity contribution in [2.75, 3.05) is 26.4 Å². The Morgan fingerprint density at radius 2 is 0.600 bits per heavy atom. The number of nitrogens with zero attached hydrogens (tertiary/aromatic N) is 2. The van der Waals surface area contributed by atoms with E-state index in [2.05, 4.69) is 23.8 Å². The van der Waals surface area contributed by atoms with E-state index in [4.69, 9.17) is 18.9 Å². The minimum Gasteiger partial charge on any atom is -0.494 e. The summed E-state index contributed by atoms with van der Waals surface area (Å²) in [6.45, 7) is 7.23. The van der Waals surface area contributed by atoms with Crippen molar-refractivity contribution in [2.45, 2.75) is 123 Å². The van der Waals surface area contributed by atoms with Gasteiger partial charge in [0.1, 0.15) is 23.0 Å². The van der Waals surface area contributed by atoms with E-state index < -0.39 is 0 Å². The molecule has 0 aliphatic carbocycles. The van der Waals surface area contributed by atoms with E-state index in [0.717, 1.165) is 78.0 Å². The Morgan fingerprint density at radius 3 is 0.927 bits per heavy atom. The molecule has 6 heteroatoms. The number of unbranched alkanes of at least 4 members (excludes halogenated alkanes) is 14.